The molecule has 0 rings (SSSR count). The third-order valence-electron chi connectivity index (χ3n) is 2.28. The molecule has 0 bridgehead atoms. The molecule has 82 valence electrons. The number of ether oxygens (including phenoxy) is 1. The fourth-order valence-electron chi connectivity index (χ4n) is 1.38. The first kappa shape index (κ1) is 13.4. The van der Waals surface area contributed by atoms with Crippen LogP contribution in [0.1, 0.15) is 13.8 Å². The molecule has 3 nitrogen and oxygen atoms in total. The van der Waals surface area contributed by atoms with Gasteiger partial charge in [0.1, 0.15) is 0 Å². The van der Waals surface area contributed by atoms with Crippen molar-refractivity contribution in [3.05, 3.63) is 0 Å². The van der Waals surface area contributed by atoms with Crippen LogP contribution in [-0.2, 0) is 4.74 Å². The van der Waals surface area contributed by atoms with Gasteiger partial charge in [0.2, 0.25) is 0 Å². The molecule has 0 aromatic heterocycles. The summed E-state index contributed by atoms with van der Waals surface area (Å²) >= 11 is 0. The fraction of sp³-hybridized carbons (Fsp3) is 0.818. The summed E-state index contributed by atoms with van der Waals surface area (Å²) in [5, 5.41) is 3.21. The van der Waals surface area contributed by atoms with Crippen LogP contribution in [0.25, 0.3) is 0 Å². The molecule has 0 saturated heterocycles. The summed E-state index contributed by atoms with van der Waals surface area (Å²) in [5.74, 6) is 2.57. The maximum absolute atomic E-state index is 5.16. The summed E-state index contributed by atoms with van der Waals surface area (Å²) in [6.45, 7) is 8.74. The number of hydrogen-bond donors (Lipinski definition) is 1. The van der Waals surface area contributed by atoms with Crippen LogP contribution in [0, 0.1) is 12.3 Å². The Labute approximate surface area is 87.8 Å². The Morgan fingerprint density at radius 2 is 2.29 bits per heavy atom. The van der Waals surface area contributed by atoms with E-state index in [1.807, 2.05) is 0 Å². The van der Waals surface area contributed by atoms with Gasteiger partial charge < -0.3 is 10.1 Å². The Hall–Kier alpha value is -0.560. The number of terminal acetylenes is 1. The summed E-state index contributed by atoms with van der Waals surface area (Å²) in [5.41, 5.74) is 0. The summed E-state index contributed by atoms with van der Waals surface area (Å²) in [6.07, 6.45) is 5.16. The molecule has 0 heterocycles. The number of nitrogens with zero attached hydrogens (tertiary/aromatic N) is 1. The minimum absolute atomic E-state index is 0.503. The second-order valence-corrected chi connectivity index (χ2v) is 3.31. The Balaban J connectivity index is 3.68. The van der Waals surface area contributed by atoms with Gasteiger partial charge >= 0.3 is 0 Å². The Morgan fingerprint density at radius 3 is 2.79 bits per heavy atom. The molecular weight excluding hydrogens is 176 g/mol. The van der Waals surface area contributed by atoms with Gasteiger partial charge in [-0.25, -0.2) is 0 Å². The van der Waals surface area contributed by atoms with Gasteiger partial charge in [-0.05, 0) is 13.5 Å². The van der Waals surface area contributed by atoms with Crippen molar-refractivity contribution in [1.82, 2.24) is 10.2 Å². The van der Waals surface area contributed by atoms with Crippen molar-refractivity contribution in [3.8, 4) is 12.3 Å². The lowest BCUT2D eigenvalue weighted by Gasteiger charge is -2.27. The maximum atomic E-state index is 5.16. The van der Waals surface area contributed by atoms with Crippen molar-refractivity contribution in [3.63, 3.8) is 0 Å². The van der Waals surface area contributed by atoms with Gasteiger partial charge in [-0.1, -0.05) is 12.8 Å². The predicted octanol–water partition coefficient (Wildman–Crippen LogP) is 0.566. The van der Waals surface area contributed by atoms with Crippen molar-refractivity contribution < 1.29 is 4.74 Å². The Morgan fingerprint density at radius 1 is 1.57 bits per heavy atom. The predicted molar refractivity (Wildman–Crippen MR) is 60.3 cm³/mol. The lowest BCUT2D eigenvalue weighted by molar-refractivity contribution is 0.128. The molecule has 0 fully saturated rings. The van der Waals surface area contributed by atoms with Gasteiger partial charge in [-0.15, -0.1) is 6.42 Å². The molecule has 0 spiro atoms. The van der Waals surface area contributed by atoms with E-state index in [2.05, 4.69) is 30.0 Å². The highest BCUT2D eigenvalue weighted by molar-refractivity contribution is 4.87. The molecule has 3 heteroatoms. The second-order valence-electron chi connectivity index (χ2n) is 3.31. The highest BCUT2D eigenvalue weighted by Gasteiger charge is 2.10. The maximum Gasteiger partial charge on any atom is 0.0589 e. The third-order valence-corrected chi connectivity index (χ3v) is 2.28. The summed E-state index contributed by atoms with van der Waals surface area (Å²) in [4.78, 5) is 2.37. The van der Waals surface area contributed by atoms with Gasteiger partial charge in [0.05, 0.1) is 13.2 Å². The zero-order valence-electron chi connectivity index (χ0n) is 9.55. The normalized spacial score (nSPS) is 12.8. The van der Waals surface area contributed by atoms with E-state index in [1.165, 1.54) is 0 Å². The van der Waals surface area contributed by atoms with Crippen molar-refractivity contribution in [2.75, 3.05) is 39.9 Å². The largest absolute Gasteiger partial charge is 0.383 e. The zero-order chi connectivity index (χ0) is 10.8. The molecule has 0 aliphatic carbocycles. The molecule has 1 atom stereocenters. The minimum Gasteiger partial charge on any atom is -0.383 e. The zero-order valence-corrected chi connectivity index (χ0v) is 9.55. The van der Waals surface area contributed by atoms with Crippen molar-refractivity contribution >= 4 is 0 Å². The average molecular weight is 198 g/mol. The van der Waals surface area contributed by atoms with Crippen molar-refractivity contribution in [1.29, 1.82) is 0 Å². The molecule has 0 aromatic carbocycles. The molecule has 1 N–H and O–H groups in total. The third kappa shape index (κ3) is 5.98. The van der Waals surface area contributed by atoms with Gasteiger partial charge in [0.25, 0.3) is 0 Å². The molecule has 0 aliphatic rings. The minimum atomic E-state index is 0.503. The Bertz CT molecular complexity index is 165. The smallest absolute Gasteiger partial charge is 0.0589 e. The molecule has 0 aliphatic heterocycles. The van der Waals surface area contributed by atoms with E-state index >= 15 is 0 Å². The van der Waals surface area contributed by atoms with Gasteiger partial charge in [0, 0.05) is 26.2 Å². The van der Waals surface area contributed by atoms with Crippen LogP contribution in [0.15, 0.2) is 0 Å². The number of methoxy groups -OCH3 is 1. The van der Waals surface area contributed by atoms with E-state index in [0.717, 1.165) is 26.2 Å². The highest BCUT2D eigenvalue weighted by atomic mass is 16.5. The lowest BCUT2D eigenvalue weighted by atomic mass is 10.2. The van der Waals surface area contributed by atoms with E-state index in [1.54, 1.807) is 7.11 Å². The first-order valence-electron chi connectivity index (χ1n) is 5.13. The molecule has 1 unspecified atom stereocenters. The first-order chi connectivity index (χ1) is 6.76. The second kappa shape index (κ2) is 9.01. The lowest BCUT2D eigenvalue weighted by Crippen LogP contribution is -2.42. The molecular formula is C11H22N2O. The average Bonchev–Trinajstić information content (AvgIpc) is 2.19. The van der Waals surface area contributed by atoms with E-state index in [9.17, 15) is 0 Å². The number of rotatable bonds is 8. The van der Waals surface area contributed by atoms with E-state index < -0.39 is 0 Å². The van der Waals surface area contributed by atoms with Crippen LogP contribution in [0.3, 0.4) is 0 Å². The van der Waals surface area contributed by atoms with Gasteiger partial charge in [-0.2, -0.15) is 0 Å². The molecule has 0 amide bonds. The van der Waals surface area contributed by atoms with Crippen LogP contribution < -0.4 is 5.32 Å². The van der Waals surface area contributed by atoms with Crippen LogP contribution in [0.4, 0.5) is 0 Å². The highest BCUT2D eigenvalue weighted by Crippen LogP contribution is 1.96. The van der Waals surface area contributed by atoms with Crippen LogP contribution >= 0.6 is 0 Å². The quantitative estimate of drug-likeness (QED) is 0.456. The van der Waals surface area contributed by atoms with E-state index in [0.29, 0.717) is 12.6 Å². The topological polar surface area (TPSA) is 24.5 Å². The van der Waals surface area contributed by atoms with Crippen molar-refractivity contribution in [2.45, 2.75) is 19.9 Å². The molecule has 14 heavy (non-hydrogen) atoms. The summed E-state index contributed by atoms with van der Waals surface area (Å²) in [7, 11) is 1.73. The fourth-order valence-corrected chi connectivity index (χ4v) is 1.38. The van der Waals surface area contributed by atoms with E-state index in [-0.39, 0.29) is 0 Å². The molecule has 0 aromatic rings. The first-order valence-corrected chi connectivity index (χ1v) is 5.13. The Kier molecular flexibility index (Phi) is 8.65. The number of hydrogen-bond acceptors (Lipinski definition) is 3. The monoisotopic (exact) mass is 198 g/mol. The van der Waals surface area contributed by atoms with Crippen molar-refractivity contribution in [2.24, 2.45) is 0 Å². The standard InChI is InChI=1S/C11H22N2O/c1-5-7-12-10-11(3)13(6-2)8-9-14-4/h1,11-12H,6-10H2,2-4H3. The van der Waals surface area contributed by atoms with Crippen LogP contribution in [0.5, 0.6) is 0 Å². The van der Waals surface area contributed by atoms with Gasteiger partial charge in [-0.3, -0.25) is 4.90 Å². The van der Waals surface area contributed by atoms with Crippen LogP contribution in [-0.4, -0.2) is 50.8 Å². The molecule has 0 radical (unpaired) electrons. The molecule has 0 saturated carbocycles. The summed E-state index contributed by atoms with van der Waals surface area (Å²) < 4.78 is 5.06. The van der Waals surface area contributed by atoms with Crippen LogP contribution in [0.2, 0.25) is 0 Å². The number of nitrogens with one attached hydrogen (secondary N) is 1. The van der Waals surface area contributed by atoms with Gasteiger partial charge in [0.15, 0.2) is 0 Å². The summed E-state index contributed by atoms with van der Waals surface area (Å²) in [6, 6.07) is 0.503. The SMILES string of the molecule is C#CCNCC(C)N(CC)CCOC. The number of likely N-dealkylation sites (N-methyl/N-ethyl adjacent to an activating group) is 1. The van der Waals surface area contributed by atoms with E-state index in [4.69, 9.17) is 11.2 Å².